The summed E-state index contributed by atoms with van der Waals surface area (Å²) in [7, 11) is 0. The highest BCUT2D eigenvalue weighted by molar-refractivity contribution is 6.31. The van der Waals surface area contributed by atoms with Gasteiger partial charge >= 0.3 is 0 Å². The number of halogens is 1. The van der Waals surface area contributed by atoms with Gasteiger partial charge in [-0.15, -0.1) is 0 Å². The van der Waals surface area contributed by atoms with E-state index in [0.717, 1.165) is 0 Å². The molecular weight excluding hydrogens is 228 g/mol. The minimum atomic E-state index is -1.12. The Labute approximate surface area is 101 Å². The van der Waals surface area contributed by atoms with Crippen LogP contribution in [0.1, 0.15) is 39.4 Å². The zero-order valence-corrected chi connectivity index (χ0v) is 11.0. The van der Waals surface area contributed by atoms with Crippen LogP contribution in [0.2, 0.25) is 5.02 Å². The zero-order valence-electron chi connectivity index (χ0n) is 10.2. The van der Waals surface area contributed by atoms with E-state index >= 15 is 0 Å². The molecule has 1 aromatic rings. The van der Waals surface area contributed by atoms with Crippen molar-refractivity contribution in [3.8, 4) is 0 Å². The van der Waals surface area contributed by atoms with E-state index in [9.17, 15) is 5.11 Å². The molecule has 0 amide bonds. The van der Waals surface area contributed by atoms with Crippen molar-refractivity contribution in [2.45, 2.75) is 39.3 Å². The van der Waals surface area contributed by atoms with Crippen LogP contribution in [0, 0.1) is 0 Å². The molecule has 0 saturated heterocycles. The van der Waals surface area contributed by atoms with Gasteiger partial charge in [0.15, 0.2) is 0 Å². The first-order valence-electron chi connectivity index (χ1n) is 5.43. The normalized spacial score (nSPS) is 15.4. The molecule has 92 valence electrons. The number of aliphatic hydroxyl groups is 1. The third-order valence-corrected chi connectivity index (χ3v) is 2.61. The Bertz CT molecular complexity index is 348. The Kier molecular flexibility index (Phi) is 4.35. The third kappa shape index (κ3) is 2.75. The van der Waals surface area contributed by atoms with E-state index in [4.69, 9.17) is 16.3 Å². The molecule has 0 saturated carbocycles. The molecule has 5 heteroatoms. The molecule has 1 atom stereocenters. The van der Waals surface area contributed by atoms with Crippen LogP contribution in [0.25, 0.3) is 0 Å². The van der Waals surface area contributed by atoms with Crippen molar-refractivity contribution < 1.29 is 9.84 Å². The number of aromatic nitrogens is 2. The van der Waals surface area contributed by atoms with Crippen LogP contribution in [0.5, 0.6) is 0 Å². The number of hydrogen-bond donors (Lipinski definition) is 1. The van der Waals surface area contributed by atoms with Gasteiger partial charge in [-0.3, -0.25) is 4.68 Å². The van der Waals surface area contributed by atoms with Crippen molar-refractivity contribution in [2.75, 3.05) is 13.2 Å². The van der Waals surface area contributed by atoms with Gasteiger partial charge in [-0.25, -0.2) is 0 Å². The van der Waals surface area contributed by atoms with Gasteiger partial charge in [0.25, 0.3) is 0 Å². The van der Waals surface area contributed by atoms with E-state index in [0.29, 0.717) is 17.3 Å². The van der Waals surface area contributed by atoms with Gasteiger partial charge in [0.2, 0.25) is 0 Å². The van der Waals surface area contributed by atoms with Gasteiger partial charge in [-0.1, -0.05) is 11.6 Å². The lowest BCUT2D eigenvalue weighted by atomic mass is 10.0. The first-order valence-corrected chi connectivity index (χ1v) is 5.81. The Hall–Kier alpha value is -0.580. The van der Waals surface area contributed by atoms with Crippen LogP contribution >= 0.6 is 11.6 Å². The van der Waals surface area contributed by atoms with E-state index < -0.39 is 5.60 Å². The second-order valence-corrected chi connectivity index (χ2v) is 4.70. The van der Waals surface area contributed by atoms with Crippen LogP contribution in [-0.4, -0.2) is 28.1 Å². The van der Waals surface area contributed by atoms with Crippen LogP contribution in [0.15, 0.2) is 6.20 Å². The van der Waals surface area contributed by atoms with Crippen molar-refractivity contribution in [1.82, 2.24) is 9.78 Å². The predicted molar refractivity (Wildman–Crippen MR) is 63.7 cm³/mol. The van der Waals surface area contributed by atoms with Gasteiger partial charge in [0.05, 0.1) is 23.5 Å². The molecule has 0 fully saturated rings. The fraction of sp³-hybridized carbons (Fsp3) is 0.727. The van der Waals surface area contributed by atoms with Crippen LogP contribution in [0.4, 0.5) is 0 Å². The fourth-order valence-electron chi connectivity index (χ4n) is 1.61. The highest BCUT2D eigenvalue weighted by Crippen LogP contribution is 2.30. The molecule has 1 unspecified atom stereocenters. The van der Waals surface area contributed by atoms with Crippen LogP contribution in [-0.2, 0) is 10.3 Å². The summed E-state index contributed by atoms with van der Waals surface area (Å²) < 4.78 is 6.99. The second-order valence-electron chi connectivity index (χ2n) is 4.29. The topological polar surface area (TPSA) is 47.3 Å². The Morgan fingerprint density at radius 3 is 2.75 bits per heavy atom. The monoisotopic (exact) mass is 246 g/mol. The van der Waals surface area contributed by atoms with E-state index in [1.54, 1.807) is 17.8 Å². The van der Waals surface area contributed by atoms with Gasteiger partial charge in [-0.2, -0.15) is 5.10 Å². The Balaban J connectivity index is 3.05. The molecule has 0 bridgehead atoms. The molecule has 0 radical (unpaired) electrons. The number of nitrogens with zero attached hydrogens (tertiary/aromatic N) is 2. The van der Waals surface area contributed by atoms with Crippen molar-refractivity contribution >= 4 is 11.6 Å². The molecule has 4 nitrogen and oxygen atoms in total. The third-order valence-electron chi connectivity index (χ3n) is 2.34. The lowest BCUT2D eigenvalue weighted by molar-refractivity contribution is -0.0405. The van der Waals surface area contributed by atoms with E-state index in [-0.39, 0.29) is 12.6 Å². The molecule has 1 aromatic heterocycles. The lowest BCUT2D eigenvalue weighted by Gasteiger charge is -2.25. The quantitative estimate of drug-likeness (QED) is 0.868. The van der Waals surface area contributed by atoms with Crippen molar-refractivity contribution in [3.05, 3.63) is 16.9 Å². The summed E-state index contributed by atoms with van der Waals surface area (Å²) in [6, 6.07) is 0.149. The van der Waals surface area contributed by atoms with Crippen LogP contribution in [0.3, 0.4) is 0 Å². The van der Waals surface area contributed by atoms with E-state index in [1.807, 2.05) is 20.8 Å². The van der Waals surface area contributed by atoms with Crippen molar-refractivity contribution in [1.29, 1.82) is 0 Å². The SMILES string of the molecule is CCOCC(C)(O)c1c(Cl)cnn1C(C)C. The van der Waals surface area contributed by atoms with Crippen molar-refractivity contribution in [3.63, 3.8) is 0 Å². The zero-order chi connectivity index (χ0) is 12.3. The van der Waals surface area contributed by atoms with E-state index in [1.165, 1.54) is 0 Å². The van der Waals surface area contributed by atoms with Gasteiger partial charge in [0.1, 0.15) is 5.60 Å². The smallest absolute Gasteiger partial charge is 0.128 e. The molecule has 0 aromatic carbocycles. The minimum Gasteiger partial charge on any atom is -0.381 e. The maximum absolute atomic E-state index is 10.3. The lowest BCUT2D eigenvalue weighted by Crippen LogP contribution is -2.32. The van der Waals surface area contributed by atoms with Gasteiger partial charge < -0.3 is 9.84 Å². The first-order chi connectivity index (χ1) is 7.40. The second kappa shape index (κ2) is 5.17. The molecule has 0 aliphatic carbocycles. The fourth-order valence-corrected chi connectivity index (χ4v) is 1.94. The van der Waals surface area contributed by atoms with Crippen molar-refractivity contribution in [2.24, 2.45) is 0 Å². The van der Waals surface area contributed by atoms with Gasteiger partial charge in [0, 0.05) is 12.6 Å². The number of hydrogen-bond acceptors (Lipinski definition) is 3. The summed E-state index contributed by atoms with van der Waals surface area (Å²) in [5.41, 5.74) is -0.508. The summed E-state index contributed by atoms with van der Waals surface area (Å²) >= 11 is 6.05. The highest BCUT2D eigenvalue weighted by Gasteiger charge is 2.31. The molecular formula is C11H19ClN2O2. The average Bonchev–Trinajstić information content (AvgIpc) is 2.58. The summed E-state index contributed by atoms with van der Waals surface area (Å²) in [5, 5.41) is 15.0. The predicted octanol–water partition coefficient (Wildman–Crippen LogP) is 2.36. The van der Waals surface area contributed by atoms with Gasteiger partial charge in [-0.05, 0) is 27.7 Å². The summed E-state index contributed by atoms with van der Waals surface area (Å²) in [5.74, 6) is 0. The molecule has 0 aliphatic rings. The van der Waals surface area contributed by atoms with E-state index in [2.05, 4.69) is 5.10 Å². The molecule has 1 N–H and O–H groups in total. The highest BCUT2D eigenvalue weighted by atomic mass is 35.5. The minimum absolute atomic E-state index is 0.149. The standard InChI is InChI=1S/C11H19ClN2O2/c1-5-16-7-11(4,15)10-9(12)6-13-14(10)8(2)3/h6,8,15H,5,7H2,1-4H3. The molecule has 1 rings (SSSR count). The summed E-state index contributed by atoms with van der Waals surface area (Å²) in [4.78, 5) is 0. The molecule has 0 aliphatic heterocycles. The average molecular weight is 247 g/mol. The summed E-state index contributed by atoms with van der Waals surface area (Å²) in [6.07, 6.45) is 1.55. The first kappa shape index (κ1) is 13.5. The maximum atomic E-state index is 10.3. The maximum Gasteiger partial charge on any atom is 0.128 e. The molecule has 1 heterocycles. The Morgan fingerprint density at radius 2 is 2.25 bits per heavy atom. The largest absolute Gasteiger partial charge is 0.381 e. The van der Waals surface area contributed by atoms with Crippen LogP contribution < -0.4 is 0 Å². The Morgan fingerprint density at radius 1 is 1.62 bits per heavy atom. The molecule has 16 heavy (non-hydrogen) atoms. The molecule has 0 spiro atoms. The number of rotatable bonds is 5. The number of ether oxygens (including phenoxy) is 1. The summed E-state index contributed by atoms with van der Waals surface area (Å²) in [6.45, 7) is 8.32.